The number of nitrogens with zero attached hydrogens (tertiary/aromatic N) is 3. The number of ether oxygens (including phenoxy) is 1. The number of hydrogen-bond acceptors (Lipinski definition) is 8. The first-order chi connectivity index (χ1) is 15.7. The number of nitro benzene ring substituents is 1. The molecule has 1 aromatic carbocycles. The summed E-state index contributed by atoms with van der Waals surface area (Å²) in [7, 11) is 0. The summed E-state index contributed by atoms with van der Waals surface area (Å²) in [5, 5.41) is 20.7. The van der Waals surface area contributed by atoms with Crippen LogP contribution in [0.2, 0.25) is 0 Å². The number of imide groups is 1. The van der Waals surface area contributed by atoms with Gasteiger partial charge in [-0.25, -0.2) is 0 Å². The molecule has 0 radical (unpaired) electrons. The SMILES string of the molecule is CC(=O)OCCCN1C(=O)C(=Cc2ccc(-c3ccccc3[N+](=O)[O-])o2)C(C)=C(C#N)C1=O. The normalized spacial score (nSPS) is 15.1. The van der Waals surface area contributed by atoms with Gasteiger partial charge in [0.2, 0.25) is 0 Å². The number of benzene rings is 1. The molecule has 0 unspecified atom stereocenters. The second-order valence-corrected chi connectivity index (χ2v) is 7.10. The smallest absolute Gasteiger partial charge is 0.302 e. The minimum atomic E-state index is -0.722. The first kappa shape index (κ1) is 23.1. The quantitative estimate of drug-likeness (QED) is 0.156. The molecule has 0 saturated heterocycles. The van der Waals surface area contributed by atoms with Crippen LogP contribution in [-0.2, 0) is 19.1 Å². The van der Waals surface area contributed by atoms with Crippen LogP contribution in [0.3, 0.4) is 0 Å². The Morgan fingerprint density at radius 3 is 2.64 bits per heavy atom. The van der Waals surface area contributed by atoms with Crippen LogP contribution in [0.5, 0.6) is 0 Å². The molecule has 10 heteroatoms. The maximum absolute atomic E-state index is 13.0. The Morgan fingerprint density at radius 2 is 1.97 bits per heavy atom. The lowest BCUT2D eigenvalue weighted by Gasteiger charge is -2.27. The minimum Gasteiger partial charge on any atom is -0.466 e. The topological polar surface area (TPSA) is 144 Å². The van der Waals surface area contributed by atoms with Crippen molar-refractivity contribution in [3.8, 4) is 17.4 Å². The van der Waals surface area contributed by atoms with Crippen LogP contribution in [0.4, 0.5) is 5.69 Å². The van der Waals surface area contributed by atoms with Gasteiger partial charge in [-0.15, -0.1) is 0 Å². The fourth-order valence-corrected chi connectivity index (χ4v) is 3.33. The molecule has 0 bridgehead atoms. The van der Waals surface area contributed by atoms with E-state index in [2.05, 4.69) is 0 Å². The molecule has 0 aliphatic carbocycles. The van der Waals surface area contributed by atoms with E-state index >= 15 is 0 Å². The molecule has 1 aromatic heterocycles. The molecular formula is C23H19N3O7. The lowest BCUT2D eigenvalue weighted by molar-refractivity contribution is -0.384. The predicted octanol–water partition coefficient (Wildman–Crippen LogP) is 3.40. The van der Waals surface area contributed by atoms with Crippen molar-refractivity contribution in [3.63, 3.8) is 0 Å². The van der Waals surface area contributed by atoms with Crippen LogP contribution < -0.4 is 0 Å². The standard InChI is InChI=1S/C23H19N3O7/c1-14-18(22(28)25(23(29)19(14)13-24)10-5-11-32-15(2)27)12-16-8-9-21(33-16)17-6-3-4-7-20(17)26(30)31/h3-4,6-9,12H,5,10-11H2,1-2H3. The van der Waals surface area contributed by atoms with Gasteiger partial charge in [0.25, 0.3) is 17.5 Å². The number of rotatable bonds is 7. The van der Waals surface area contributed by atoms with Crippen LogP contribution >= 0.6 is 0 Å². The van der Waals surface area contributed by atoms with Crippen molar-refractivity contribution in [3.05, 3.63) is 69.0 Å². The molecule has 3 rings (SSSR count). The van der Waals surface area contributed by atoms with Gasteiger partial charge in [0.05, 0.1) is 17.1 Å². The van der Waals surface area contributed by atoms with Crippen molar-refractivity contribution in [1.82, 2.24) is 4.90 Å². The summed E-state index contributed by atoms with van der Waals surface area (Å²) in [4.78, 5) is 48.2. The van der Waals surface area contributed by atoms with Crippen molar-refractivity contribution in [1.29, 1.82) is 5.26 Å². The van der Waals surface area contributed by atoms with E-state index in [9.17, 15) is 29.8 Å². The van der Waals surface area contributed by atoms with E-state index in [1.807, 2.05) is 6.07 Å². The number of amides is 2. The number of nitro groups is 1. The van der Waals surface area contributed by atoms with Gasteiger partial charge < -0.3 is 9.15 Å². The van der Waals surface area contributed by atoms with Crippen molar-refractivity contribution < 1.29 is 28.5 Å². The van der Waals surface area contributed by atoms with Gasteiger partial charge in [-0.3, -0.25) is 29.4 Å². The highest BCUT2D eigenvalue weighted by Gasteiger charge is 2.35. The fourth-order valence-electron chi connectivity index (χ4n) is 3.33. The second-order valence-electron chi connectivity index (χ2n) is 7.10. The number of carbonyl (C=O) groups excluding carboxylic acids is 3. The third kappa shape index (κ3) is 4.88. The van der Waals surface area contributed by atoms with Crippen molar-refractivity contribution in [2.75, 3.05) is 13.2 Å². The summed E-state index contributed by atoms with van der Waals surface area (Å²) < 4.78 is 10.5. The molecule has 1 aliphatic rings. The van der Waals surface area contributed by atoms with Crippen LogP contribution in [0, 0.1) is 21.4 Å². The predicted molar refractivity (Wildman–Crippen MR) is 115 cm³/mol. The average molecular weight is 449 g/mol. The second kappa shape index (κ2) is 9.74. The molecule has 0 fully saturated rings. The molecule has 0 spiro atoms. The molecule has 2 aromatic rings. The lowest BCUT2D eigenvalue weighted by Crippen LogP contribution is -2.43. The zero-order chi connectivity index (χ0) is 24.1. The van der Waals surface area contributed by atoms with Gasteiger partial charge in [0, 0.05) is 25.1 Å². The highest BCUT2D eigenvalue weighted by Crippen LogP contribution is 2.33. The molecule has 168 valence electrons. The van der Waals surface area contributed by atoms with Crippen molar-refractivity contribution in [2.45, 2.75) is 20.3 Å². The monoisotopic (exact) mass is 449 g/mol. The molecule has 2 amide bonds. The number of furan rings is 1. The van der Waals surface area contributed by atoms with Gasteiger partial charge in [-0.2, -0.15) is 5.26 Å². The summed E-state index contributed by atoms with van der Waals surface area (Å²) in [6, 6.07) is 11.0. The maximum Gasteiger partial charge on any atom is 0.302 e. The molecule has 0 atom stereocenters. The Balaban J connectivity index is 1.94. The Labute approximate surface area is 188 Å². The summed E-state index contributed by atoms with van der Waals surface area (Å²) in [5.74, 6) is -1.37. The van der Waals surface area contributed by atoms with E-state index in [0.717, 1.165) is 4.90 Å². The average Bonchev–Trinajstić information content (AvgIpc) is 3.25. The molecule has 1 aliphatic heterocycles. The summed E-state index contributed by atoms with van der Waals surface area (Å²) >= 11 is 0. The zero-order valence-corrected chi connectivity index (χ0v) is 17.9. The molecular weight excluding hydrogens is 430 g/mol. The van der Waals surface area contributed by atoms with E-state index in [0.29, 0.717) is 0 Å². The molecule has 33 heavy (non-hydrogen) atoms. The minimum absolute atomic E-state index is 0.0213. The number of para-hydroxylation sites is 1. The number of nitriles is 1. The first-order valence-corrected chi connectivity index (χ1v) is 9.90. The lowest BCUT2D eigenvalue weighted by atomic mass is 9.94. The van der Waals surface area contributed by atoms with E-state index in [4.69, 9.17) is 9.15 Å². The Bertz CT molecular complexity index is 1250. The van der Waals surface area contributed by atoms with Gasteiger partial charge in [-0.05, 0) is 43.2 Å². The first-order valence-electron chi connectivity index (χ1n) is 9.90. The van der Waals surface area contributed by atoms with Gasteiger partial charge >= 0.3 is 5.97 Å². The third-order valence-corrected chi connectivity index (χ3v) is 4.94. The van der Waals surface area contributed by atoms with E-state index in [1.165, 1.54) is 38.1 Å². The highest BCUT2D eigenvalue weighted by molar-refractivity contribution is 6.19. The molecule has 2 heterocycles. The Kier molecular flexibility index (Phi) is 6.83. The van der Waals surface area contributed by atoms with Gasteiger partial charge in [0.15, 0.2) is 0 Å². The largest absolute Gasteiger partial charge is 0.466 e. The summed E-state index contributed by atoms with van der Waals surface area (Å²) in [6.07, 6.45) is 1.60. The molecule has 10 nitrogen and oxygen atoms in total. The third-order valence-electron chi connectivity index (χ3n) is 4.94. The van der Waals surface area contributed by atoms with E-state index < -0.39 is 22.7 Å². The van der Waals surface area contributed by atoms with Crippen LogP contribution in [-0.4, -0.2) is 40.8 Å². The number of hydrogen-bond donors (Lipinski definition) is 0. The van der Waals surface area contributed by atoms with Crippen LogP contribution in [0.1, 0.15) is 26.0 Å². The van der Waals surface area contributed by atoms with Crippen molar-refractivity contribution in [2.24, 2.45) is 0 Å². The van der Waals surface area contributed by atoms with Crippen molar-refractivity contribution >= 4 is 29.5 Å². The number of carbonyl (C=O) groups is 3. The molecule has 0 N–H and O–H groups in total. The van der Waals surface area contributed by atoms with E-state index in [-0.39, 0.29) is 59.1 Å². The van der Waals surface area contributed by atoms with Gasteiger partial charge in [-0.1, -0.05) is 12.1 Å². The van der Waals surface area contributed by atoms with Crippen LogP contribution in [0.25, 0.3) is 17.4 Å². The van der Waals surface area contributed by atoms with E-state index in [1.54, 1.807) is 18.2 Å². The zero-order valence-electron chi connectivity index (χ0n) is 17.9. The Hall–Kier alpha value is -4.52. The number of esters is 1. The molecule has 0 saturated carbocycles. The maximum atomic E-state index is 13.0. The summed E-state index contributed by atoms with van der Waals surface area (Å²) in [5.41, 5.74) is 0.245. The highest BCUT2D eigenvalue weighted by atomic mass is 16.6. The Morgan fingerprint density at radius 1 is 1.24 bits per heavy atom. The van der Waals surface area contributed by atoms with Crippen LogP contribution in [0.15, 0.2) is 57.5 Å². The summed E-state index contributed by atoms with van der Waals surface area (Å²) in [6.45, 7) is 2.72. The van der Waals surface area contributed by atoms with Gasteiger partial charge in [0.1, 0.15) is 23.2 Å². The fraction of sp³-hybridized carbons (Fsp3) is 0.217.